The summed E-state index contributed by atoms with van der Waals surface area (Å²) in [7, 11) is 0. The van der Waals surface area contributed by atoms with Gasteiger partial charge in [0.15, 0.2) is 0 Å². The van der Waals surface area contributed by atoms with E-state index in [4.69, 9.17) is 0 Å². The van der Waals surface area contributed by atoms with E-state index in [-0.39, 0.29) is 18.3 Å². The first-order chi connectivity index (χ1) is 8.16. The van der Waals surface area contributed by atoms with Gasteiger partial charge in [-0.3, -0.25) is 4.79 Å². The van der Waals surface area contributed by atoms with Gasteiger partial charge < -0.3 is 5.32 Å². The van der Waals surface area contributed by atoms with Gasteiger partial charge in [0.2, 0.25) is 0 Å². The summed E-state index contributed by atoms with van der Waals surface area (Å²) in [6, 6.07) is 8.25. The zero-order valence-corrected chi connectivity index (χ0v) is 10.2. The molecule has 2 aromatic rings. The Morgan fingerprint density at radius 2 is 2.18 bits per heavy atom. The predicted octanol–water partition coefficient (Wildman–Crippen LogP) is 3.13. The zero-order valence-electron chi connectivity index (χ0n) is 9.37. The molecule has 4 heteroatoms. The van der Waals surface area contributed by atoms with Gasteiger partial charge in [0.25, 0.3) is 5.91 Å². The number of benzene rings is 1. The van der Waals surface area contributed by atoms with E-state index in [2.05, 4.69) is 5.32 Å². The first-order valence-corrected chi connectivity index (χ1v) is 6.11. The van der Waals surface area contributed by atoms with Crippen molar-refractivity contribution in [2.45, 2.75) is 13.5 Å². The van der Waals surface area contributed by atoms with Gasteiger partial charge in [-0.05, 0) is 30.0 Å². The molecule has 1 amide bonds. The Morgan fingerprint density at radius 3 is 2.82 bits per heavy atom. The molecule has 17 heavy (non-hydrogen) atoms. The van der Waals surface area contributed by atoms with Crippen LogP contribution in [-0.4, -0.2) is 5.91 Å². The Bertz CT molecular complexity index is 536. The van der Waals surface area contributed by atoms with E-state index in [1.165, 1.54) is 17.4 Å². The predicted molar refractivity (Wildman–Crippen MR) is 66.6 cm³/mol. The lowest BCUT2D eigenvalue weighted by atomic mass is 10.2. The van der Waals surface area contributed by atoms with Crippen molar-refractivity contribution < 1.29 is 9.18 Å². The minimum atomic E-state index is -0.296. The van der Waals surface area contributed by atoms with Gasteiger partial charge in [-0.1, -0.05) is 18.2 Å². The molecule has 0 radical (unpaired) electrons. The standard InChI is InChI=1S/C13H12FNOS/c1-9-6-12(17-8-9)13(16)15-7-10-4-2-3-5-11(10)14/h2-6,8H,7H2,1H3,(H,15,16). The number of carbonyl (C=O) groups is 1. The van der Waals surface area contributed by atoms with E-state index in [1.807, 2.05) is 18.4 Å². The number of hydrogen-bond donors (Lipinski definition) is 1. The van der Waals surface area contributed by atoms with Crippen LogP contribution in [0.3, 0.4) is 0 Å². The third-order valence-corrected chi connectivity index (χ3v) is 3.40. The molecule has 2 nitrogen and oxygen atoms in total. The van der Waals surface area contributed by atoms with Crippen molar-refractivity contribution in [1.82, 2.24) is 5.32 Å². The first-order valence-electron chi connectivity index (χ1n) is 5.23. The second kappa shape index (κ2) is 5.10. The molecule has 0 unspecified atom stereocenters. The van der Waals surface area contributed by atoms with Crippen LogP contribution in [0.5, 0.6) is 0 Å². The van der Waals surface area contributed by atoms with Gasteiger partial charge in [0.1, 0.15) is 5.82 Å². The van der Waals surface area contributed by atoms with Crippen LogP contribution in [0.1, 0.15) is 20.8 Å². The number of aryl methyl sites for hydroxylation is 1. The molecule has 1 N–H and O–H groups in total. The minimum absolute atomic E-state index is 0.161. The molecule has 0 fully saturated rings. The zero-order chi connectivity index (χ0) is 12.3. The first kappa shape index (κ1) is 11.8. The van der Waals surface area contributed by atoms with Crippen molar-refractivity contribution in [3.05, 3.63) is 57.5 Å². The number of rotatable bonds is 3. The van der Waals surface area contributed by atoms with Crippen molar-refractivity contribution in [2.24, 2.45) is 0 Å². The Morgan fingerprint density at radius 1 is 1.41 bits per heavy atom. The fourth-order valence-electron chi connectivity index (χ4n) is 1.45. The molecule has 0 bridgehead atoms. The molecule has 0 saturated heterocycles. The number of amides is 1. The van der Waals surface area contributed by atoms with E-state index in [1.54, 1.807) is 18.2 Å². The van der Waals surface area contributed by atoms with Gasteiger partial charge in [0.05, 0.1) is 4.88 Å². The van der Waals surface area contributed by atoms with Gasteiger partial charge in [-0.25, -0.2) is 4.39 Å². The average molecular weight is 249 g/mol. The molecule has 0 aliphatic heterocycles. The topological polar surface area (TPSA) is 29.1 Å². The molecule has 0 spiro atoms. The highest BCUT2D eigenvalue weighted by Gasteiger charge is 2.08. The molecular formula is C13H12FNOS. The van der Waals surface area contributed by atoms with Crippen LogP contribution in [0.25, 0.3) is 0 Å². The summed E-state index contributed by atoms with van der Waals surface area (Å²) in [6.07, 6.45) is 0. The summed E-state index contributed by atoms with van der Waals surface area (Å²) in [5.74, 6) is -0.457. The van der Waals surface area contributed by atoms with Crippen LogP contribution in [0, 0.1) is 12.7 Å². The van der Waals surface area contributed by atoms with E-state index in [0.29, 0.717) is 10.4 Å². The van der Waals surface area contributed by atoms with E-state index >= 15 is 0 Å². The molecule has 0 atom stereocenters. The molecule has 1 aromatic carbocycles. The summed E-state index contributed by atoms with van der Waals surface area (Å²) < 4.78 is 13.3. The molecule has 0 aliphatic rings. The Labute approximate surface area is 103 Å². The second-order valence-electron chi connectivity index (χ2n) is 3.76. The van der Waals surface area contributed by atoms with Crippen molar-refractivity contribution >= 4 is 17.2 Å². The molecule has 88 valence electrons. The fraction of sp³-hybridized carbons (Fsp3) is 0.154. The van der Waals surface area contributed by atoms with Crippen LogP contribution < -0.4 is 5.32 Å². The molecule has 0 saturated carbocycles. The van der Waals surface area contributed by atoms with Crippen LogP contribution in [-0.2, 0) is 6.54 Å². The summed E-state index contributed by atoms with van der Waals surface area (Å²) in [4.78, 5) is 12.4. The highest BCUT2D eigenvalue weighted by Crippen LogP contribution is 2.13. The van der Waals surface area contributed by atoms with Gasteiger partial charge in [-0.15, -0.1) is 11.3 Å². The average Bonchev–Trinajstić information content (AvgIpc) is 2.74. The van der Waals surface area contributed by atoms with Crippen molar-refractivity contribution in [2.75, 3.05) is 0 Å². The molecule has 1 aromatic heterocycles. The van der Waals surface area contributed by atoms with Crippen molar-refractivity contribution in [1.29, 1.82) is 0 Å². The Hall–Kier alpha value is -1.68. The highest BCUT2D eigenvalue weighted by atomic mass is 32.1. The Kier molecular flexibility index (Phi) is 3.54. The summed E-state index contributed by atoms with van der Waals surface area (Å²) in [5, 5.41) is 4.62. The number of halogens is 1. The van der Waals surface area contributed by atoms with Crippen molar-refractivity contribution in [3.8, 4) is 0 Å². The van der Waals surface area contributed by atoms with Gasteiger partial charge >= 0.3 is 0 Å². The van der Waals surface area contributed by atoms with Crippen LogP contribution in [0.15, 0.2) is 35.7 Å². The molecule has 2 rings (SSSR count). The van der Waals surface area contributed by atoms with Gasteiger partial charge in [0, 0.05) is 12.1 Å². The van der Waals surface area contributed by atoms with Gasteiger partial charge in [-0.2, -0.15) is 0 Å². The quantitative estimate of drug-likeness (QED) is 0.889. The number of carbonyl (C=O) groups excluding carboxylic acids is 1. The fourth-order valence-corrected chi connectivity index (χ4v) is 2.27. The van der Waals surface area contributed by atoms with E-state index < -0.39 is 0 Å². The maximum Gasteiger partial charge on any atom is 0.261 e. The smallest absolute Gasteiger partial charge is 0.261 e. The highest BCUT2D eigenvalue weighted by molar-refractivity contribution is 7.12. The third-order valence-electron chi connectivity index (χ3n) is 2.35. The van der Waals surface area contributed by atoms with Crippen LogP contribution >= 0.6 is 11.3 Å². The molecular weight excluding hydrogens is 237 g/mol. The SMILES string of the molecule is Cc1csc(C(=O)NCc2ccccc2F)c1. The number of nitrogens with one attached hydrogen (secondary N) is 1. The lowest BCUT2D eigenvalue weighted by Gasteiger charge is -2.04. The number of hydrogen-bond acceptors (Lipinski definition) is 2. The summed E-state index contributed by atoms with van der Waals surface area (Å²) >= 11 is 1.39. The van der Waals surface area contributed by atoms with E-state index in [0.717, 1.165) is 5.56 Å². The lowest BCUT2D eigenvalue weighted by Crippen LogP contribution is -2.22. The van der Waals surface area contributed by atoms with E-state index in [9.17, 15) is 9.18 Å². The summed E-state index contributed by atoms with van der Waals surface area (Å²) in [6.45, 7) is 2.15. The third kappa shape index (κ3) is 2.91. The van der Waals surface area contributed by atoms with Crippen molar-refractivity contribution in [3.63, 3.8) is 0 Å². The normalized spacial score (nSPS) is 10.2. The lowest BCUT2D eigenvalue weighted by molar-refractivity contribution is 0.0954. The number of thiophene rings is 1. The Balaban J connectivity index is 1.99. The minimum Gasteiger partial charge on any atom is -0.347 e. The van der Waals surface area contributed by atoms with Crippen LogP contribution in [0.2, 0.25) is 0 Å². The monoisotopic (exact) mass is 249 g/mol. The summed E-state index contributed by atoms with van der Waals surface area (Å²) in [5.41, 5.74) is 1.56. The maximum absolute atomic E-state index is 13.3. The largest absolute Gasteiger partial charge is 0.347 e. The maximum atomic E-state index is 13.3. The second-order valence-corrected chi connectivity index (χ2v) is 4.67. The molecule has 0 aliphatic carbocycles. The van der Waals surface area contributed by atoms with Crippen LogP contribution in [0.4, 0.5) is 4.39 Å². The molecule has 1 heterocycles.